The predicted molar refractivity (Wildman–Crippen MR) is 123 cm³/mol. The minimum Gasteiger partial charge on any atom is -0.457 e. The zero-order valence-corrected chi connectivity index (χ0v) is 17.9. The molecule has 1 unspecified atom stereocenters. The number of rotatable bonds is 5. The molecule has 1 aliphatic rings. The standard InChI is InChI=1S/C24H20N4O3S/c29-22(27-24-26-19-7-1-2-9-21(19)32-24)20-8-4-14-28(20)23(30)16-5-3-6-18(15-16)31-17-10-12-25-13-11-17/h1-3,5-7,9-13,15,20H,4,8,14H2,(H,26,27,29). The van der Waals surface area contributed by atoms with E-state index in [1.807, 2.05) is 24.3 Å². The van der Waals surface area contributed by atoms with Gasteiger partial charge in [0.25, 0.3) is 5.91 Å². The van der Waals surface area contributed by atoms with E-state index in [-0.39, 0.29) is 11.8 Å². The van der Waals surface area contributed by atoms with E-state index in [4.69, 9.17) is 4.74 Å². The summed E-state index contributed by atoms with van der Waals surface area (Å²) in [5, 5.41) is 3.44. The first-order chi connectivity index (χ1) is 15.7. The Morgan fingerprint density at radius 3 is 2.72 bits per heavy atom. The van der Waals surface area contributed by atoms with Crippen LogP contribution in [0, 0.1) is 0 Å². The molecule has 1 atom stereocenters. The Bertz CT molecular complexity index is 1240. The van der Waals surface area contributed by atoms with Crippen LogP contribution in [-0.2, 0) is 4.79 Å². The maximum Gasteiger partial charge on any atom is 0.254 e. The zero-order chi connectivity index (χ0) is 21.9. The number of para-hydroxylation sites is 1. The van der Waals surface area contributed by atoms with E-state index in [1.54, 1.807) is 53.7 Å². The molecule has 1 aliphatic heterocycles. The van der Waals surface area contributed by atoms with Crippen LogP contribution in [0.3, 0.4) is 0 Å². The molecular weight excluding hydrogens is 424 g/mol. The molecule has 32 heavy (non-hydrogen) atoms. The highest BCUT2D eigenvalue weighted by molar-refractivity contribution is 7.22. The topological polar surface area (TPSA) is 84.4 Å². The molecule has 0 bridgehead atoms. The average molecular weight is 445 g/mol. The van der Waals surface area contributed by atoms with Gasteiger partial charge in [0.15, 0.2) is 5.13 Å². The highest BCUT2D eigenvalue weighted by Gasteiger charge is 2.35. The number of ether oxygens (including phenoxy) is 1. The molecule has 3 heterocycles. The first-order valence-electron chi connectivity index (χ1n) is 10.3. The summed E-state index contributed by atoms with van der Waals surface area (Å²) in [6, 6.07) is 17.7. The summed E-state index contributed by atoms with van der Waals surface area (Å²) < 4.78 is 6.82. The zero-order valence-electron chi connectivity index (χ0n) is 17.1. The van der Waals surface area contributed by atoms with E-state index in [1.165, 1.54) is 11.3 Å². The van der Waals surface area contributed by atoms with Crippen molar-refractivity contribution in [2.75, 3.05) is 11.9 Å². The van der Waals surface area contributed by atoms with Crippen LogP contribution in [0.25, 0.3) is 10.2 Å². The van der Waals surface area contributed by atoms with Crippen molar-refractivity contribution < 1.29 is 14.3 Å². The number of carbonyl (C=O) groups is 2. The van der Waals surface area contributed by atoms with Crippen molar-refractivity contribution in [1.29, 1.82) is 0 Å². The van der Waals surface area contributed by atoms with Crippen molar-refractivity contribution in [3.8, 4) is 11.5 Å². The Morgan fingerprint density at radius 2 is 1.88 bits per heavy atom. The smallest absolute Gasteiger partial charge is 0.254 e. The van der Waals surface area contributed by atoms with Crippen molar-refractivity contribution in [3.05, 3.63) is 78.6 Å². The summed E-state index contributed by atoms with van der Waals surface area (Å²) in [4.78, 5) is 36.3. The summed E-state index contributed by atoms with van der Waals surface area (Å²) >= 11 is 1.43. The number of anilines is 1. The van der Waals surface area contributed by atoms with Gasteiger partial charge in [0.1, 0.15) is 17.5 Å². The lowest BCUT2D eigenvalue weighted by atomic mass is 10.1. The normalized spacial score (nSPS) is 15.6. The second-order valence-corrected chi connectivity index (χ2v) is 8.48. The minimum atomic E-state index is -0.528. The Kier molecular flexibility index (Phi) is 5.51. The van der Waals surface area contributed by atoms with Crippen LogP contribution in [0.5, 0.6) is 11.5 Å². The second kappa shape index (κ2) is 8.76. The summed E-state index contributed by atoms with van der Waals surface area (Å²) in [5.41, 5.74) is 1.33. The number of hydrogen-bond donors (Lipinski definition) is 1. The third-order valence-electron chi connectivity index (χ3n) is 5.31. The van der Waals surface area contributed by atoms with Gasteiger partial charge in [-0.1, -0.05) is 29.5 Å². The van der Waals surface area contributed by atoms with Crippen LogP contribution >= 0.6 is 11.3 Å². The molecule has 0 saturated carbocycles. The van der Waals surface area contributed by atoms with Crippen molar-refractivity contribution in [3.63, 3.8) is 0 Å². The van der Waals surface area contributed by atoms with Gasteiger partial charge in [-0.05, 0) is 55.3 Å². The largest absolute Gasteiger partial charge is 0.457 e. The van der Waals surface area contributed by atoms with Gasteiger partial charge in [-0.15, -0.1) is 0 Å². The van der Waals surface area contributed by atoms with Crippen molar-refractivity contribution >= 4 is 38.5 Å². The van der Waals surface area contributed by atoms with E-state index in [9.17, 15) is 9.59 Å². The first kappa shape index (κ1) is 20.1. The fraction of sp³-hybridized carbons (Fsp3) is 0.167. The molecular formula is C24H20N4O3S. The molecule has 0 spiro atoms. The fourth-order valence-electron chi connectivity index (χ4n) is 3.80. The van der Waals surface area contributed by atoms with Crippen LogP contribution in [0.4, 0.5) is 5.13 Å². The Morgan fingerprint density at radius 1 is 1.03 bits per heavy atom. The van der Waals surface area contributed by atoms with Crippen LogP contribution < -0.4 is 10.1 Å². The third kappa shape index (κ3) is 4.17. The number of fused-ring (bicyclic) bond motifs is 1. The number of amides is 2. The van der Waals surface area contributed by atoms with Gasteiger partial charge in [0.2, 0.25) is 5.91 Å². The Labute approximate surface area is 188 Å². The van der Waals surface area contributed by atoms with Gasteiger partial charge in [-0.3, -0.25) is 14.6 Å². The van der Waals surface area contributed by atoms with Gasteiger partial charge < -0.3 is 15.0 Å². The summed E-state index contributed by atoms with van der Waals surface area (Å²) in [5.74, 6) is 0.793. The third-order valence-corrected chi connectivity index (χ3v) is 6.26. The van der Waals surface area contributed by atoms with Crippen molar-refractivity contribution in [1.82, 2.24) is 14.9 Å². The van der Waals surface area contributed by atoms with Crippen LogP contribution in [0.2, 0.25) is 0 Å². The molecule has 2 aromatic heterocycles. The number of benzene rings is 2. The van der Waals surface area contributed by atoms with Gasteiger partial charge in [0, 0.05) is 24.5 Å². The number of pyridine rings is 1. The van der Waals surface area contributed by atoms with Crippen molar-refractivity contribution in [2.45, 2.75) is 18.9 Å². The Hall–Kier alpha value is -3.78. The van der Waals surface area contributed by atoms with Gasteiger partial charge >= 0.3 is 0 Å². The molecule has 1 N–H and O–H groups in total. The lowest BCUT2D eigenvalue weighted by molar-refractivity contribution is -0.119. The lowest BCUT2D eigenvalue weighted by Crippen LogP contribution is -2.43. The quantitative estimate of drug-likeness (QED) is 0.481. The first-order valence-corrected chi connectivity index (χ1v) is 11.1. The van der Waals surface area contributed by atoms with Crippen molar-refractivity contribution in [2.24, 2.45) is 0 Å². The molecule has 160 valence electrons. The molecule has 8 heteroatoms. The number of nitrogens with zero attached hydrogens (tertiary/aromatic N) is 3. The van der Waals surface area contributed by atoms with E-state index in [2.05, 4.69) is 15.3 Å². The molecule has 0 aliphatic carbocycles. The number of hydrogen-bond acceptors (Lipinski definition) is 6. The summed E-state index contributed by atoms with van der Waals surface area (Å²) in [6.45, 7) is 0.534. The van der Waals surface area contributed by atoms with E-state index in [0.717, 1.165) is 16.6 Å². The highest BCUT2D eigenvalue weighted by Crippen LogP contribution is 2.28. The predicted octanol–water partition coefficient (Wildman–Crippen LogP) is 4.73. The molecule has 0 radical (unpaired) electrons. The average Bonchev–Trinajstić information content (AvgIpc) is 3.46. The number of nitrogens with one attached hydrogen (secondary N) is 1. The van der Waals surface area contributed by atoms with Crippen LogP contribution in [-0.4, -0.2) is 39.3 Å². The Balaban J connectivity index is 1.31. The van der Waals surface area contributed by atoms with Gasteiger partial charge in [0.05, 0.1) is 10.2 Å². The van der Waals surface area contributed by atoms with Crippen LogP contribution in [0.1, 0.15) is 23.2 Å². The fourth-order valence-corrected chi connectivity index (χ4v) is 4.67. The molecule has 4 aromatic rings. The molecule has 2 aromatic carbocycles. The summed E-state index contributed by atoms with van der Waals surface area (Å²) in [7, 11) is 0. The maximum absolute atomic E-state index is 13.2. The van der Waals surface area contributed by atoms with Crippen LogP contribution in [0.15, 0.2) is 73.1 Å². The molecule has 2 amide bonds. The minimum absolute atomic E-state index is 0.188. The summed E-state index contributed by atoms with van der Waals surface area (Å²) in [6.07, 6.45) is 4.68. The number of carbonyl (C=O) groups excluding carboxylic acids is 2. The maximum atomic E-state index is 13.2. The number of likely N-dealkylation sites (tertiary alicyclic amines) is 1. The van der Waals surface area contributed by atoms with Gasteiger partial charge in [-0.2, -0.15) is 0 Å². The van der Waals surface area contributed by atoms with E-state index >= 15 is 0 Å². The number of aromatic nitrogens is 2. The molecule has 1 fully saturated rings. The van der Waals surface area contributed by atoms with E-state index in [0.29, 0.717) is 35.2 Å². The molecule has 5 rings (SSSR count). The SMILES string of the molecule is O=C(Nc1nc2ccccc2s1)C1CCCN1C(=O)c1cccc(Oc2ccncc2)c1. The lowest BCUT2D eigenvalue weighted by Gasteiger charge is -2.23. The second-order valence-electron chi connectivity index (χ2n) is 7.45. The molecule has 7 nitrogen and oxygen atoms in total. The number of thiazole rings is 1. The van der Waals surface area contributed by atoms with E-state index < -0.39 is 6.04 Å². The monoisotopic (exact) mass is 444 g/mol. The molecule has 1 saturated heterocycles. The highest BCUT2D eigenvalue weighted by atomic mass is 32.1. The van der Waals surface area contributed by atoms with Gasteiger partial charge in [-0.25, -0.2) is 4.98 Å².